The van der Waals surface area contributed by atoms with Gasteiger partial charge in [-0.2, -0.15) is 0 Å². The molecule has 0 spiro atoms. The summed E-state index contributed by atoms with van der Waals surface area (Å²) in [6.45, 7) is 7.36. The van der Waals surface area contributed by atoms with E-state index in [0.29, 0.717) is 24.3 Å². The van der Waals surface area contributed by atoms with Gasteiger partial charge in [0.1, 0.15) is 49.4 Å². The molecule has 7 heteroatoms. The standard InChI is InChI=1S/C30H28O7/c1-3-27(31)33-16-18-35-29-23-12-8-9-13-24(23)30(36-19-17-34-28(32)4-2)26-20-22(14-15-25(26)29)37-21-10-6-5-7-11-21/h3-14H,1-2,15-20H2. The van der Waals surface area contributed by atoms with Crippen molar-refractivity contribution in [2.45, 2.75) is 12.8 Å². The van der Waals surface area contributed by atoms with Crippen molar-refractivity contribution in [3.8, 4) is 17.2 Å². The molecule has 1 aliphatic carbocycles. The van der Waals surface area contributed by atoms with Gasteiger partial charge in [0, 0.05) is 40.5 Å². The minimum absolute atomic E-state index is 0.0874. The van der Waals surface area contributed by atoms with E-state index in [1.165, 1.54) is 0 Å². The molecule has 0 fully saturated rings. The molecule has 0 aromatic heterocycles. The molecule has 0 aliphatic heterocycles. The average molecular weight is 501 g/mol. The Bertz CT molecular complexity index is 1320. The predicted molar refractivity (Wildman–Crippen MR) is 140 cm³/mol. The van der Waals surface area contributed by atoms with Gasteiger partial charge in [-0.3, -0.25) is 0 Å². The molecule has 190 valence electrons. The van der Waals surface area contributed by atoms with Crippen molar-refractivity contribution in [2.75, 3.05) is 26.4 Å². The summed E-state index contributed by atoms with van der Waals surface area (Å²) in [5, 5.41) is 1.73. The van der Waals surface area contributed by atoms with E-state index < -0.39 is 11.9 Å². The van der Waals surface area contributed by atoms with Gasteiger partial charge in [0.2, 0.25) is 0 Å². The number of allylic oxidation sites excluding steroid dienone is 2. The van der Waals surface area contributed by atoms with E-state index >= 15 is 0 Å². The Labute approximate surface area is 215 Å². The number of carbonyl (C=O) groups excluding carboxylic acids is 2. The normalized spacial score (nSPS) is 12.1. The quantitative estimate of drug-likeness (QED) is 0.194. The lowest BCUT2D eigenvalue weighted by molar-refractivity contribution is -0.139. The van der Waals surface area contributed by atoms with Crippen LogP contribution < -0.4 is 14.2 Å². The molecule has 0 bridgehead atoms. The lowest BCUT2D eigenvalue weighted by atomic mass is 9.89. The number of hydrogen-bond acceptors (Lipinski definition) is 7. The van der Waals surface area contributed by atoms with Crippen molar-refractivity contribution < 1.29 is 33.3 Å². The Hall–Kier alpha value is -4.52. The number of ether oxygens (including phenoxy) is 5. The van der Waals surface area contributed by atoms with Gasteiger partial charge in [-0.05, 0) is 24.6 Å². The fraction of sp³-hybridized carbons (Fsp3) is 0.200. The van der Waals surface area contributed by atoms with Gasteiger partial charge in [-0.15, -0.1) is 0 Å². The first-order valence-corrected chi connectivity index (χ1v) is 11.9. The summed E-state index contributed by atoms with van der Waals surface area (Å²) in [6.07, 6.45) is 5.32. The fourth-order valence-electron chi connectivity index (χ4n) is 4.08. The highest BCUT2D eigenvalue weighted by molar-refractivity contribution is 5.96. The molecule has 0 amide bonds. The SMILES string of the molecule is C=CC(=O)OCCOc1c2c(c(OCCOC(=O)C=C)c3ccccc13)CC(Oc1ccccc1)=CC2. The summed E-state index contributed by atoms with van der Waals surface area (Å²) < 4.78 is 28.7. The fourth-order valence-corrected chi connectivity index (χ4v) is 4.08. The zero-order valence-electron chi connectivity index (χ0n) is 20.4. The van der Waals surface area contributed by atoms with Crippen LogP contribution in [0.5, 0.6) is 17.2 Å². The molecular weight excluding hydrogens is 472 g/mol. The molecule has 0 N–H and O–H groups in total. The molecule has 7 nitrogen and oxygen atoms in total. The molecule has 4 rings (SSSR count). The van der Waals surface area contributed by atoms with Gasteiger partial charge >= 0.3 is 11.9 Å². The Morgan fingerprint density at radius 2 is 1.27 bits per heavy atom. The lowest BCUT2D eigenvalue weighted by Gasteiger charge is -2.25. The van der Waals surface area contributed by atoms with E-state index in [2.05, 4.69) is 13.2 Å². The summed E-state index contributed by atoms with van der Waals surface area (Å²) in [7, 11) is 0. The van der Waals surface area contributed by atoms with Crippen LogP contribution in [0.4, 0.5) is 0 Å². The first-order valence-electron chi connectivity index (χ1n) is 11.9. The maximum Gasteiger partial charge on any atom is 0.330 e. The number of rotatable bonds is 12. The topological polar surface area (TPSA) is 80.3 Å². The maximum atomic E-state index is 11.4. The monoisotopic (exact) mass is 500 g/mol. The van der Waals surface area contributed by atoms with Crippen LogP contribution in [0, 0.1) is 0 Å². The number of fused-ring (bicyclic) bond motifs is 2. The molecular formula is C30H28O7. The zero-order chi connectivity index (χ0) is 26.0. The first-order chi connectivity index (χ1) is 18.1. The van der Waals surface area contributed by atoms with E-state index in [1.54, 1.807) is 0 Å². The van der Waals surface area contributed by atoms with Crippen LogP contribution in [0.3, 0.4) is 0 Å². The second kappa shape index (κ2) is 12.4. The van der Waals surface area contributed by atoms with Crippen LogP contribution in [0.2, 0.25) is 0 Å². The van der Waals surface area contributed by atoms with Gasteiger partial charge in [0.25, 0.3) is 0 Å². The molecule has 0 saturated heterocycles. The van der Waals surface area contributed by atoms with Crippen LogP contribution in [0.15, 0.2) is 91.7 Å². The van der Waals surface area contributed by atoms with Crippen molar-refractivity contribution in [2.24, 2.45) is 0 Å². The Morgan fingerprint density at radius 3 is 1.84 bits per heavy atom. The number of esters is 2. The van der Waals surface area contributed by atoms with Crippen molar-refractivity contribution in [3.05, 3.63) is 103 Å². The molecule has 0 radical (unpaired) electrons. The Kier molecular flexibility index (Phi) is 8.60. The lowest BCUT2D eigenvalue weighted by Crippen LogP contribution is -2.16. The molecule has 3 aromatic rings. The smallest absolute Gasteiger partial charge is 0.330 e. The molecule has 0 unspecified atom stereocenters. The van der Waals surface area contributed by atoms with Crippen molar-refractivity contribution >= 4 is 22.7 Å². The van der Waals surface area contributed by atoms with E-state index in [4.69, 9.17) is 23.7 Å². The summed E-state index contributed by atoms with van der Waals surface area (Å²) in [5.74, 6) is 1.94. The molecule has 0 atom stereocenters. The largest absolute Gasteiger partial charge is 0.489 e. The minimum Gasteiger partial charge on any atom is -0.489 e. The van der Waals surface area contributed by atoms with E-state index in [1.807, 2.05) is 60.7 Å². The van der Waals surface area contributed by atoms with Gasteiger partial charge in [-0.25, -0.2) is 9.59 Å². The summed E-state index contributed by atoms with van der Waals surface area (Å²) in [5.41, 5.74) is 1.90. The maximum absolute atomic E-state index is 11.4. The first kappa shape index (κ1) is 25.6. The highest BCUT2D eigenvalue weighted by atomic mass is 16.6. The van der Waals surface area contributed by atoms with Crippen LogP contribution in [-0.2, 0) is 31.9 Å². The van der Waals surface area contributed by atoms with Crippen LogP contribution in [-0.4, -0.2) is 38.4 Å². The van der Waals surface area contributed by atoms with Crippen LogP contribution >= 0.6 is 0 Å². The Morgan fingerprint density at radius 1 is 0.730 bits per heavy atom. The van der Waals surface area contributed by atoms with Gasteiger partial charge in [0.05, 0.1) is 0 Å². The number of hydrogen-bond donors (Lipinski definition) is 0. The van der Waals surface area contributed by atoms with E-state index in [9.17, 15) is 9.59 Å². The highest BCUT2D eigenvalue weighted by Crippen LogP contribution is 2.44. The number of carbonyl (C=O) groups is 2. The molecule has 1 aliphatic rings. The molecule has 0 saturated carbocycles. The summed E-state index contributed by atoms with van der Waals surface area (Å²) in [4.78, 5) is 22.9. The Balaban J connectivity index is 1.66. The second-order valence-corrected chi connectivity index (χ2v) is 8.07. The third-order valence-corrected chi connectivity index (χ3v) is 5.69. The molecule has 37 heavy (non-hydrogen) atoms. The third kappa shape index (κ3) is 6.38. The average Bonchev–Trinajstić information content (AvgIpc) is 2.94. The predicted octanol–water partition coefficient (Wildman–Crippen LogP) is 5.12. The minimum atomic E-state index is -0.502. The molecule has 3 aromatic carbocycles. The summed E-state index contributed by atoms with van der Waals surface area (Å²) >= 11 is 0. The van der Waals surface area contributed by atoms with Crippen LogP contribution in [0.25, 0.3) is 10.8 Å². The third-order valence-electron chi connectivity index (χ3n) is 5.69. The number of para-hydroxylation sites is 1. The van der Waals surface area contributed by atoms with Crippen LogP contribution in [0.1, 0.15) is 11.1 Å². The highest BCUT2D eigenvalue weighted by Gasteiger charge is 2.25. The van der Waals surface area contributed by atoms with Crippen molar-refractivity contribution in [3.63, 3.8) is 0 Å². The number of benzene rings is 3. The molecule has 0 heterocycles. The van der Waals surface area contributed by atoms with E-state index in [0.717, 1.165) is 45.6 Å². The van der Waals surface area contributed by atoms with Crippen molar-refractivity contribution in [1.29, 1.82) is 0 Å². The van der Waals surface area contributed by atoms with Gasteiger partial charge in [-0.1, -0.05) is 55.6 Å². The zero-order valence-corrected chi connectivity index (χ0v) is 20.4. The second-order valence-electron chi connectivity index (χ2n) is 8.07. The van der Waals surface area contributed by atoms with E-state index in [-0.39, 0.29) is 26.4 Å². The van der Waals surface area contributed by atoms with Gasteiger partial charge in [0.15, 0.2) is 0 Å². The van der Waals surface area contributed by atoms with Gasteiger partial charge < -0.3 is 23.7 Å². The summed E-state index contributed by atoms with van der Waals surface area (Å²) in [6, 6.07) is 17.4. The van der Waals surface area contributed by atoms with Crippen molar-refractivity contribution in [1.82, 2.24) is 0 Å².